The van der Waals surface area contributed by atoms with Crippen LogP contribution < -0.4 is 9.47 Å². The Labute approximate surface area is 131 Å². The van der Waals surface area contributed by atoms with Crippen molar-refractivity contribution in [2.24, 2.45) is 0 Å². The Morgan fingerprint density at radius 3 is 2.57 bits per heavy atom. The van der Waals surface area contributed by atoms with E-state index >= 15 is 0 Å². The van der Waals surface area contributed by atoms with Crippen LogP contribution in [0.3, 0.4) is 0 Å². The summed E-state index contributed by atoms with van der Waals surface area (Å²) in [5.74, 6) is -0.705. The minimum Gasteiger partial charge on any atom is -0.475 e. The van der Waals surface area contributed by atoms with E-state index in [2.05, 4.69) is 0 Å². The van der Waals surface area contributed by atoms with Gasteiger partial charge in [-0.25, -0.2) is 4.79 Å². The Morgan fingerprint density at radius 1 is 1.13 bits per heavy atom. The van der Waals surface area contributed by atoms with Crippen molar-refractivity contribution >= 4 is 17.4 Å². The molecule has 0 aromatic heterocycles. The maximum atomic E-state index is 11.7. The summed E-state index contributed by atoms with van der Waals surface area (Å²) in [5.41, 5.74) is 0.175. The molecule has 0 spiro atoms. The molecule has 0 aliphatic rings. The van der Waals surface area contributed by atoms with Crippen LogP contribution in [0.5, 0.6) is 11.5 Å². The molecule has 2 aromatic rings. The monoisotopic (exact) mass is 315 g/mol. The average Bonchev–Trinajstić information content (AvgIpc) is 2.53. The number of Topliss-reactive ketones (excluding diaryl/α,β-unsaturated/α-hetero) is 1. The van der Waals surface area contributed by atoms with E-state index in [1.54, 1.807) is 18.2 Å². The first-order valence-electron chi connectivity index (χ1n) is 6.65. The predicted molar refractivity (Wildman–Crippen MR) is 80.7 cm³/mol. The number of para-hydroxylation sites is 2. The summed E-state index contributed by atoms with van der Waals surface area (Å²) in [4.78, 5) is 33.2. The molecule has 0 heterocycles. The van der Waals surface area contributed by atoms with Crippen molar-refractivity contribution in [3.8, 4) is 11.5 Å². The SMILES string of the molecule is CC(=O)c1cccc(OC(=O)COc2ccccc2[N+](=O)[O-])c1. The van der Waals surface area contributed by atoms with E-state index in [-0.39, 0.29) is 23.0 Å². The number of carbonyl (C=O) groups excluding carboxylic acids is 2. The third-order valence-corrected chi connectivity index (χ3v) is 2.88. The average molecular weight is 315 g/mol. The molecule has 0 fully saturated rings. The van der Waals surface area contributed by atoms with Gasteiger partial charge in [-0.2, -0.15) is 0 Å². The molecule has 0 saturated carbocycles. The number of hydrogen-bond donors (Lipinski definition) is 0. The van der Waals surface area contributed by atoms with Crippen molar-refractivity contribution in [3.63, 3.8) is 0 Å². The zero-order valence-corrected chi connectivity index (χ0v) is 12.2. The van der Waals surface area contributed by atoms with Gasteiger partial charge in [-0.3, -0.25) is 14.9 Å². The van der Waals surface area contributed by atoms with Crippen LogP contribution in [0.25, 0.3) is 0 Å². The number of ketones is 1. The Balaban J connectivity index is 2.00. The molecule has 0 saturated heterocycles. The van der Waals surface area contributed by atoms with Gasteiger partial charge in [0.15, 0.2) is 18.1 Å². The Kier molecular flexibility index (Phi) is 5.03. The van der Waals surface area contributed by atoms with Gasteiger partial charge in [0, 0.05) is 11.6 Å². The topological polar surface area (TPSA) is 95.7 Å². The van der Waals surface area contributed by atoms with Crippen molar-refractivity contribution in [1.82, 2.24) is 0 Å². The lowest BCUT2D eigenvalue weighted by Crippen LogP contribution is -2.18. The molecule has 0 atom stereocenters. The number of rotatable bonds is 6. The van der Waals surface area contributed by atoms with Gasteiger partial charge >= 0.3 is 11.7 Å². The number of nitro groups is 1. The van der Waals surface area contributed by atoms with E-state index < -0.39 is 17.5 Å². The number of nitrogens with zero attached hydrogens (tertiary/aromatic N) is 1. The van der Waals surface area contributed by atoms with Gasteiger partial charge in [0.1, 0.15) is 5.75 Å². The van der Waals surface area contributed by atoms with Crippen LogP contribution in [0, 0.1) is 10.1 Å². The zero-order valence-electron chi connectivity index (χ0n) is 12.2. The third-order valence-electron chi connectivity index (χ3n) is 2.88. The maximum absolute atomic E-state index is 11.7. The molecule has 0 aliphatic carbocycles. The van der Waals surface area contributed by atoms with Crippen molar-refractivity contribution < 1.29 is 24.0 Å². The zero-order chi connectivity index (χ0) is 16.8. The highest BCUT2D eigenvalue weighted by molar-refractivity contribution is 5.94. The Hall–Kier alpha value is -3.22. The first kappa shape index (κ1) is 16.2. The van der Waals surface area contributed by atoms with Gasteiger partial charge in [0.2, 0.25) is 0 Å². The van der Waals surface area contributed by atoms with Crippen molar-refractivity contribution in [1.29, 1.82) is 0 Å². The fourth-order valence-corrected chi connectivity index (χ4v) is 1.81. The summed E-state index contributed by atoms with van der Waals surface area (Å²) in [6.45, 7) is 0.910. The van der Waals surface area contributed by atoms with Crippen LogP contribution in [0.15, 0.2) is 48.5 Å². The smallest absolute Gasteiger partial charge is 0.349 e. The molecule has 2 rings (SSSR count). The molecule has 118 valence electrons. The van der Waals surface area contributed by atoms with Crippen molar-refractivity contribution in [2.45, 2.75) is 6.92 Å². The maximum Gasteiger partial charge on any atom is 0.349 e. The van der Waals surface area contributed by atoms with Gasteiger partial charge in [0.25, 0.3) is 0 Å². The summed E-state index contributed by atoms with van der Waals surface area (Å²) in [6.07, 6.45) is 0. The van der Waals surface area contributed by atoms with Gasteiger partial charge in [-0.1, -0.05) is 24.3 Å². The molecule has 7 heteroatoms. The second-order valence-corrected chi connectivity index (χ2v) is 4.57. The first-order valence-corrected chi connectivity index (χ1v) is 6.65. The molecular weight excluding hydrogens is 302 g/mol. The molecule has 0 N–H and O–H groups in total. The Bertz CT molecular complexity index is 756. The van der Waals surface area contributed by atoms with Crippen LogP contribution in [0.2, 0.25) is 0 Å². The Morgan fingerprint density at radius 2 is 1.87 bits per heavy atom. The van der Waals surface area contributed by atoms with Crippen molar-refractivity contribution in [3.05, 3.63) is 64.2 Å². The second kappa shape index (κ2) is 7.17. The largest absolute Gasteiger partial charge is 0.475 e. The van der Waals surface area contributed by atoms with Gasteiger partial charge in [0.05, 0.1) is 4.92 Å². The van der Waals surface area contributed by atoms with E-state index in [4.69, 9.17) is 9.47 Å². The standard InChI is InChI=1S/C16H13NO6/c1-11(18)12-5-4-6-13(9-12)23-16(19)10-22-15-8-3-2-7-14(15)17(20)21/h2-9H,10H2,1H3. The fraction of sp³-hybridized carbons (Fsp3) is 0.125. The van der Waals surface area contributed by atoms with Crippen LogP contribution in [0.1, 0.15) is 17.3 Å². The number of benzene rings is 2. The summed E-state index contributed by atoms with van der Waals surface area (Å²) < 4.78 is 10.2. The third kappa shape index (κ3) is 4.37. The van der Waals surface area contributed by atoms with E-state index in [9.17, 15) is 19.7 Å². The molecular formula is C16H13NO6. The predicted octanol–water partition coefficient (Wildman–Crippen LogP) is 2.78. The number of esters is 1. The minimum atomic E-state index is -0.733. The summed E-state index contributed by atoms with van der Waals surface area (Å²) >= 11 is 0. The van der Waals surface area contributed by atoms with E-state index in [0.29, 0.717) is 5.56 Å². The van der Waals surface area contributed by atoms with Crippen LogP contribution in [-0.2, 0) is 4.79 Å². The molecule has 0 unspecified atom stereocenters. The lowest BCUT2D eigenvalue weighted by atomic mass is 10.1. The lowest BCUT2D eigenvalue weighted by Gasteiger charge is -2.07. The lowest BCUT2D eigenvalue weighted by molar-refractivity contribution is -0.385. The van der Waals surface area contributed by atoms with Gasteiger partial charge in [-0.15, -0.1) is 0 Å². The minimum absolute atomic E-state index is 0.0214. The number of ether oxygens (including phenoxy) is 2. The number of nitro benzene ring substituents is 1. The highest BCUT2D eigenvalue weighted by atomic mass is 16.6. The van der Waals surface area contributed by atoms with Crippen molar-refractivity contribution in [2.75, 3.05) is 6.61 Å². The molecule has 0 radical (unpaired) electrons. The van der Waals surface area contributed by atoms with E-state index in [1.807, 2.05) is 0 Å². The molecule has 7 nitrogen and oxygen atoms in total. The summed E-state index contributed by atoms with van der Waals surface area (Å²) in [7, 11) is 0. The van der Waals surface area contributed by atoms with E-state index in [1.165, 1.54) is 37.3 Å². The summed E-state index contributed by atoms with van der Waals surface area (Å²) in [6, 6.07) is 11.9. The second-order valence-electron chi connectivity index (χ2n) is 4.57. The fourth-order valence-electron chi connectivity index (χ4n) is 1.81. The highest BCUT2D eigenvalue weighted by Gasteiger charge is 2.15. The quantitative estimate of drug-likeness (QED) is 0.267. The summed E-state index contributed by atoms with van der Waals surface area (Å²) in [5, 5.41) is 10.8. The first-order chi connectivity index (χ1) is 11.0. The van der Waals surface area contributed by atoms with Crippen LogP contribution in [-0.4, -0.2) is 23.3 Å². The molecule has 0 bridgehead atoms. The molecule has 0 aliphatic heterocycles. The molecule has 23 heavy (non-hydrogen) atoms. The van der Waals surface area contributed by atoms with Crippen LogP contribution in [0.4, 0.5) is 5.69 Å². The number of carbonyl (C=O) groups is 2. The number of hydrogen-bond acceptors (Lipinski definition) is 6. The highest BCUT2D eigenvalue weighted by Crippen LogP contribution is 2.25. The van der Waals surface area contributed by atoms with Gasteiger partial charge < -0.3 is 9.47 Å². The van der Waals surface area contributed by atoms with E-state index in [0.717, 1.165) is 0 Å². The molecule has 2 aromatic carbocycles. The molecule has 0 amide bonds. The van der Waals surface area contributed by atoms with Crippen LogP contribution >= 0.6 is 0 Å². The normalized spacial score (nSPS) is 9.96. The van der Waals surface area contributed by atoms with Gasteiger partial charge in [-0.05, 0) is 25.1 Å².